The number of unbranched alkanes of at least 4 members (excludes halogenated alkanes) is 51. The highest BCUT2D eigenvalue weighted by atomic mass is 16.5. The molecule has 0 aromatic rings. The van der Waals surface area contributed by atoms with Crippen molar-refractivity contribution in [1.29, 1.82) is 0 Å². The predicted molar refractivity (Wildman–Crippen MR) is 352 cm³/mol. The molecule has 0 rings (SSSR count). The minimum atomic E-state index is -0.664. The summed E-state index contributed by atoms with van der Waals surface area (Å²) in [5.41, 5.74) is 0. The Morgan fingerprint density at radius 1 is 0.350 bits per heavy atom. The molecule has 0 saturated heterocycles. The van der Waals surface area contributed by atoms with E-state index in [2.05, 4.69) is 55.6 Å². The number of carbonyl (C=O) groups is 2. The molecular formula is C74H141NO5. The maximum atomic E-state index is 12.5. The summed E-state index contributed by atoms with van der Waals surface area (Å²) in [5.74, 6) is -0.0250. The molecule has 0 aromatic heterocycles. The number of aliphatic hydroxyl groups excluding tert-OH is 2. The van der Waals surface area contributed by atoms with Gasteiger partial charge in [0.1, 0.15) is 0 Å². The topological polar surface area (TPSA) is 95.9 Å². The van der Waals surface area contributed by atoms with Gasteiger partial charge in [0.15, 0.2) is 0 Å². The first-order chi connectivity index (χ1) is 39.5. The van der Waals surface area contributed by atoms with Crippen LogP contribution in [0.1, 0.15) is 399 Å². The number of allylic oxidation sites excluding steroid dienone is 6. The Kier molecular flexibility index (Phi) is 67.9. The van der Waals surface area contributed by atoms with Gasteiger partial charge in [-0.25, -0.2) is 0 Å². The van der Waals surface area contributed by atoms with Crippen molar-refractivity contribution >= 4 is 11.9 Å². The van der Waals surface area contributed by atoms with Crippen molar-refractivity contribution in [3.8, 4) is 0 Å². The van der Waals surface area contributed by atoms with E-state index in [1.54, 1.807) is 0 Å². The van der Waals surface area contributed by atoms with Gasteiger partial charge in [0.25, 0.3) is 0 Å². The molecule has 80 heavy (non-hydrogen) atoms. The zero-order valence-corrected chi connectivity index (χ0v) is 54.1. The SMILES string of the molecule is CCCCC/C=C\CCCCCCCC(=O)OCCCCCCCCCCC/C=C\C/C=C\CCCCCCCCCCCCCCCCCCCC(=O)NC(CO)C(O)CCCCCCCCCCCCCCCCCCCC. The second-order valence-corrected chi connectivity index (χ2v) is 24.9. The third kappa shape index (κ3) is 65.2. The number of hydrogen-bond acceptors (Lipinski definition) is 5. The second-order valence-electron chi connectivity index (χ2n) is 24.9. The van der Waals surface area contributed by atoms with Crippen molar-refractivity contribution in [3.63, 3.8) is 0 Å². The standard InChI is InChI=1S/C74H141NO5/c1-3-5-7-9-11-13-15-17-18-19-37-40-43-46-50-54-58-62-66-72(77)71(70-76)75-73(78)67-63-59-55-51-47-44-41-38-35-33-31-29-27-25-23-21-20-22-24-26-28-30-32-34-36-39-42-45-49-53-57-61-65-69-80-74(79)68-64-60-56-52-48-16-14-12-10-8-6-4-2/h12,14,24,26,30,32,71-72,76-77H,3-11,13,15-23,25,27-29,31,33-70H2,1-2H3,(H,75,78)/b14-12-,26-24-,32-30-. The second kappa shape index (κ2) is 69.6. The normalized spacial score (nSPS) is 12.7. The number of ether oxygens (including phenoxy) is 1. The summed E-state index contributed by atoms with van der Waals surface area (Å²) < 4.78 is 5.47. The molecule has 0 fully saturated rings. The number of rotatable bonds is 68. The van der Waals surface area contributed by atoms with Crippen LogP contribution in [0.15, 0.2) is 36.5 Å². The van der Waals surface area contributed by atoms with E-state index in [0.29, 0.717) is 25.9 Å². The van der Waals surface area contributed by atoms with Crippen LogP contribution in [-0.2, 0) is 14.3 Å². The Hall–Kier alpha value is -1.92. The molecule has 472 valence electrons. The molecule has 0 heterocycles. The van der Waals surface area contributed by atoms with Gasteiger partial charge in [-0.1, -0.05) is 339 Å². The first-order valence-corrected chi connectivity index (χ1v) is 36.2. The smallest absolute Gasteiger partial charge is 0.305 e. The summed E-state index contributed by atoms with van der Waals surface area (Å²) in [6.07, 6.45) is 89.2. The first-order valence-electron chi connectivity index (χ1n) is 36.2. The number of aliphatic hydroxyl groups is 2. The van der Waals surface area contributed by atoms with Gasteiger partial charge in [0, 0.05) is 12.8 Å². The third-order valence-electron chi connectivity index (χ3n) is 16.9. The molecule has 0 bridgehead atoms. The highest BCUT2D eigenvalue weighted by Crippen LogP contribution is 2.19. The van der Waals surface area contributed by atoms with E-state index in [1.807, 2.05) is 0 Å². The van der Waals surface area contributed by atoms with E-state index < -0.39 is 12.1 Å². The number of esters is 1. The van der Waals surface area contributed by atoms with E-state index in [4.69, 9.17) is 4.74 Å². The van der Waals surface area contributed by atoms with Crippen LogP contribution in [0.2, 0.25) is 0 Å². The monoisotopic (exact) mass is 1120 g/mol. The van der Waals surface area contributed by atoms with Crippen LogP contribution in [0.3, 0.4) is 0 Å². The average molecular weight is 1120 g/mol. The number of amides is 1. The summed E-state index contributed by atoms with van der Waals surface area (Å²) in [7, 11) is 0. The van der Waals surface area contributed by atoms with Crippen molar-refractivity contribution < 1.29 is 24.5 Å². The van der Waals surface area contributed by atoms with Crippen molar-refractivity contribution in [2.24, 2.45) is 0 Å². The zero-order valence-electron chi connectivity index (χ0n) is 54.1. The lowest BCUT2D eigenvalue weighted by atomic mass is 10.0. The van der Waals surface area contributed by atoms with Gasteiger partial charge in [-0.15, -0.1) is 0 Å². The molecule has 0 aliphatic rings. The van der Waals surface area contributed by atoms with E-state index in [0.717, 1.165) is 51.4 Å². The number of hydrogen-bond donors (Lipinski definition) is 3. The Balaban J connectivity index is 3.38. The van der Waals surface area contributed by atoms with E-state index in [9.17, 15) is 19.8 Å². The fraction of sp³-hybridized carbons (Fsp3) is 0.892. The lowest BCUT2D eigenvalue weighted by Gasteiger charge is -2.22. The Labute approximate surface area is 500 Å². The molecule has 0 radical (unpaired) electrons. The molecule has 0 aliphatic heterocycles. The number of nitrogens with one attached hydrogen (secondary N) is 1. The van der Waals surface area contributed by atoms with Crippen molar-refractivity contribution in [3.05, 3.63) is 36.5 Å². The lowest BCUT2D eigenvalue weighted by molar-refractivity contribution is -0.143. The van der Waals surface area contributed by atoms with E-state index in [-0.39, 0.29) is 18.5 Å². The average Bonchev–Trinajstić information content (AvgIpc) is 3.46. The van der Waals surface area contributed by atoms with Gasteiger partial charge in [0.05, 0.1) is 25.4 Å². The molecule has 6 heteroatoms. The summed E-state index contributed by atoms with van der Waals surface area (Å²) in [5, 5.41) is 23.4. The van der Waals surface area contributed by atoms with E-state index in [1.165, 1.54) is 315 Å². The van der Waals surface area contributed by atoms with Gasteiger partial charge in [0.2, 0.25) is 5.91 Å². The molecule has 3 N–H and O–H groups in total. The molecule has 2 unspecified atom stereocenters. The third-order valence-corrected chi connectivity index (χ3v) is 16.9. The van der Waals surface area contributed by atoms with Gasteiger partial charge >= 0.3 is 5.97 Å². The van der Waals surface area contributed by atoms with Crippen LogP contribution in [0.4, 0.5) is 0 Å². The lowest BCUT2D eigenvalue weighted by Crippen LogP contribution is -2.45. The predicted octanol–water partition coefficient (Wildman–Crippen LogP) is 23.5. The maximum Gasteiger partial charge on any atom is 0.305 e. The van der Waals surface area contributed by atoms with Crippen LogP contribution in [0.25, 0.3) is 0 Å². The summed E-state index contributed by atoms with van der Waals surface area (Å²) in [4.78, 5) is 24.6. The fourth-order valence-corrected chi connectivity index (χ4v) is 11.4. The molecule has 0 spiro atoms. The molecule has 6 nitrogen and oxygen atoms in total. The zero-order chi connectivity index (χ0) is 57.8. The minimum Gasteiger partial charge on any atom is -0.466 e. The molecule has 0 saturated carbocycles. The molecular weight excluding hydrogens is 983 g/mol. The quantitative estimate of drug-likeness (QED) is 0.0320. The summed E-state index contributed by atoms with van der Waals surface area (Å²) in [6, 6.07) is -0.541. The number of carbonyl (C=O) groups excluding carboxylic acids is 2. The Bertz CT molecular complexity index is 1300. The summed E-state index contributed by atoms with van der Waals surface area (Å²) >= 11 is 0. The van der Waals surface area contributed by atoms with Crippen LogP contribution < -0.4 is 5.32 Å². The molecule has 2 atom stereocenters. The van der Waals surface area contributed by atoms with Gasteiger partial charge < -0.3 is 20.3 Å². The van der Waals surface area contributed by atoms with Gasteiger partial charge in [-0.2, -0.15) is 0 Å². The highest BCUT2D eigenvalue weighted by molar-refractivity contribution is 5.76. The van der Waals surface area contributed by atoms with Crippen LogP contribution >= 0.6 is 0 Å². The molecule has 1 amide bonds. The van der Waals surface area contributed by atoms with E-state index >= 15 is 0 Å². The largest absolute Gasteiger partial charge is 0.466 e. The van der Waals surface area contributed by atoms with Gasteiger partial charge in [-0.05, 0) is 83.5 Å². The van der Waals surface area contributed by atoms with Crippen LogP contribution in [-0.4, -0.2) is 47.4 Å². The highest BCUT2D eigenvalue weighted by Gasteiger charge is 2.20. The van der Waals surface area contributed by atoms with Crippen molar-refractivity contribution in [2.75, 3.05) is 13.2 Å². The van der Waals surface area contributed by atoms with Crippen LogP contribution in [0.5, 0.6) is 0 Å². The maximum absolute atomic E-state index is 12.5. The fourth-order valence-electron chi connectivity index (χ4n) is 11.4. The Morgan fingerprint density at radius 3 is 0.988 bits per heavy atom. The minimum absolute atomic E-state index is 0.00439. The van der Waals surface area contributed by atoms with Gasteiger partial charge in [-0.3, -0.25) is 9.59 Å². The summed E-state index contributed by atoms with van der Waals surface area (Å²) in [6.45, 7) is 4.96. The molecule has 0 aliphatic carbocycles. The van der Waals surface area contributed by atoms with Crippen molar-refractivity contribution in [1.82, 2.24) is 5.32 Å². The first kappa shape index (κ1) is 78.1. The van der Waals surface area contributed by atoms with Crippen molar-refractivity contribution in [2.45, 2.75) is 411 Å². The molecule has 0 aromatic carbocycles. The Morgan fingerprint density at radius 2 is 0.625 bits per heavy atom. The van der Waals surface area contributed by atoms with Crippen LogP contribution in [0, 0.1) is 0 Å².